The summed E-state index contributed by atoms with van der Waals surface area (Å²) in [4.78, 5) is 4.48. The summed E-state index contributed by atoms with van der Waals surface area (Å²) in [6.45, 7) is 2.54. The van der Waals surface area contributed by atoms with E-state index >= 15 is 0 Å². The topological polar surface area (TPSA) is 52.5 Å². The van der Waals surface area contributed by atoms with Gasteiger partial charge in [-0.3, -0.25) is 0 Å². The standard InChI is InChI=1S/C11H15N3O/c1-3-11-13-9(7-12)10-6-8(15-2)4-5-14(10)11/h4-6H,3,7,12H2,1-2H3. The van der Waals surface area contributed by atoms with E-state index in [0.717, 1.165) is 29.2 Å². The van der Waals surface area contributed by atoms with E-state index in [0.29, 0.717) is 6.54 Å². The molecule has 0 aliphatic heterocycles. The highest BCUT2D eigenvalue weighted by Crippen LogP contribution is 2.19. The van der Waals surface area contributed by atoms with Crippen molar-refractivity contribution in [2.45, 2.75) is 19.9 Å². The number of rotatable bonds is 3. The smallest absolute Gasteiger partial charge is 0.122 e. The van der Waals surface area contributed by atoms with Gasteiger partial charge < -0.3 is 14.9 Å². The molecule has 2 aromatic heterocycles. The molecule has 80 valence electrons. The second-order valence-corrected chi connectivity index (χ2v) is 3.35. The van der Waals surface area contributed by atoms with E-state index in [9.17, 15) is 0 Å². The van der Waals surface area contributed by atoms with E-state index in [-0.39, 0.29) is 0 Å². The molecule has 0 unspecified atom stereocenters. The Labute approximate surface area is 88.7 Å². The van der Waals surface area contributed by atoms with Gasteiger partial charge in [0, 0.05) is 25.2 Å². The van der Waals surface area contributed by atoms with E-state index in [4.69, 9.17) is 10.5 Å². The van der Waals surface area contributed by atoms with Crippen molar-refractivity contribution in [1.82, 2.24) is 9.38 Å². The lowest BCUT2D eigenvalue weighted by molar-refractivity contribution is 0.414. The Kier molecular flexibility index (Phi) is 2.60. The highest BCUT2D eigenvalue weighted by molar-refractivity contribution is 5.56. The number of aromatic nitrogens is 2. The maximum absolute atomic E-state index is 5.66. The molecule has 2 N–H and O–H groups in total. The van der Waals surface area contributed by atoms with Gasteiger partial charge in [0.2, 0.25) is 0 Å². The van der Waals surface area contributed by atoms with Crippen LogP contribution in [0.15, 0.2) is 18.3 Å². The van der Waals surface area contributed by atoms with Gasteiger partial charge in [-0.2, -0.15) is 0 Å². The van der Waals surface area contributed by atoms with Gasteiger partial charge in [-0.1, -0.05) is 6.92 Å². The van der Waals surface area contributed by atoms with Gasteiger partial charge in [-0.15, -0.1) is 0 Å². The summed E-state index contributed by atoms with van der Waals surface area (Å²) in [5.41, 5.74) is 7.62. The Morgan fingerprint density at radius 3 is 2.93 bits per heavy atom. The minimum atomic E-state index is 0.455. The monoisotopic (exact) mass is 205 g/mol. The Bertz CT molecular complexity index is 476. The van der Waals surface area contributed by atoms with E-state index in [2.05, 4.69) is 16.3 Å². The lowest BCUT2D eigenvalue weighted by Crippen LogP contribution is -1.97. The van der Waals surface area contributed by atoms with Crippen LogP contribution in [0.1, 0.15) is 18.4 Å². The number of fused-ring (bicyclic) bond motifs is 1. The molecule has 0 radical (unpaired) electrons. The molecule has 0 amide bonds. The molecule has 0 spiro atoms. The fourth-order valence-electron chi connectivity index (χ4n) is 1.72. The zero-order chi connectivity index (χ0) is 10.8. The molecular formula is C11H15N3O. The van der Waals surface area contributed by atoms with Crippen LogP contribution in [-0.2, 0) is 13.0 Å². The van der Waals surface area contributed by atoms with Gasteiger partial charge >= 0.3 is 0 Å². The molecule has 0 atom stereocenters. The van der Waals surface area contributed by atoms with Crippen LogP contribution in [0.5, 0.6) is 5.75 Å². The third-order valence-corrected chi connectivity index (χ3v) is 2.51. The number of methoxy groups -OCH3 is 1. The van der Waals surface area contributed by atoms with Crippen molar-refractivity contribution in [3.8, 4) is 5.75 Å². The van der Waals surface area contributed by atoms with Crippen LogP contribution >= 0.6 is 0 Å². The second-order valence-electron chi connectivity index (χ2n) is 3.35. The number of aryl methyl sites for hydroxylation is 1. The van der Waals surface area contributed by atoms with Gasteiger partial charge in [0.25, 0.3) is 0 Å². The van der Waals surface area contributed by atoms with Crippen molar-refractivity contribution in [2.24, 2.45) is 5.73 Å². The third-order valence-electron chi connectivity index (χ3n) is 2.51. The first-order valence-electron chi connectivity index (χ1n) is 5.04. The lowest BCUT2D eigenvalue weighted by Gasteiger charge is -2.02. The second kappa shape index (κ2) is 3.90. The molecule has 2 rings (SSSR count). The largest absolute Gasteiger partial charge is 0.497 e. The first-order valence-corrected chi connectivity index (χ1v) is 5.04. The van der Waals surface area contributed by atoms with E-state index < -0.39 is 0 Å². The summed E-state index contributed by atoms with van der Waals surface area (Å²) >= 11 is 0. The molecule has 2 aromatic rings. The van der Waals surface area contributed by atoms with Crippen LogP contribution in [0.4, 0.5) is 0 Å². The molecule has 2 heterocycles. The fourth-order valence-corrected chi connectivity index (χ4v) is 1.72. The van der Waals surface area contributed by atoms with Crippen molar-refractivity contribution in [1.29, 1.82) is 0 Å². The highest BCUT2D eigenvalue weighted by atomic mass is 16.5. The zero-order valence-electron chi connectivity index (χ0n) is 9.03. The Balaban J connectivity index is 2.68. The quantitative estimate of drug-likeness (QED) is 0.823. The number of ether oxygens (including phenoxy) is 1. The van der Waals surface area contributed by atoms with Crippen LogP contribution in [0, 0.1) is 0 Å². The van der Waals surface area contributed by atoms with Crippen molar-refractivity contribution < 1.29 is 4.74 Å². The predicted octanol–water partition coefficient (Wildman–Crippen LogP) is 1.36. The van der Waals surface area contributed by atoms with Gasteiger partial charge in [0.05, 0.1) is 18.3 Å². The molecule has 0 saturated heterocycles. The first kappa shape index (κ1) is 9.98. The number of pyridine rings is 1. The minimum Gasteiger partial charge on any atom is -0.497 e. The average molecular weight is 205 g/mol. The Morgan fingerprint density at radius 1 is 1.53 bits per heavy atom. The maximum atomic E-state index is 5.66. The molecule has 0 saturated carbocycles. The molecular weight excluding hydrogens is 190 g/mol. The number of nitrogens with two attached hydrogens (primary N) is 1. The normalized spacial score (nSPS) is 10.9. The predicted molar refractivity (Wildman–Crippen MR) is 59.0 cm³/mol. The van der Waals surface area contributed by atoms with Crippen molar-refractivity contribution in [2.75, 3.05) is 7.11 Å². The van der Waals surface area contributed by atoms with Crippen molar-refractivity contribution in [3.05, 3.63) is 29.8 Å². The molecule has 0 aliphatic rings. The summed E-state index contributed by atoms with van der Waals surface area (Å²) in [7, 11) is 1.66. The lowest BCUT2D eigenvalue weighted by atomic mass is 10.3. The maximum Gasteiger partial charge on any atom is 0.122 e. The Hall–Kier alpha value is -1.55. The highest BCUT2D eigenvalue weighted by Gasteiger charge is 2.08. The van der Waals surface area contributed by atoms with Crippen LogP contribution in [0.3, 0.4) is 0 Å². The van der Waals surface area contributed by atoms with Gasteiger partial charge in [-0.25, -0.2) is 4.98 Å². The fraction of sp³-hybridized carbons (Fsp3) is 0.364. The van der Waals surface area contributed by atoms with E-state index in [1.807, 2.05) is 18.3 Å². The summed E-state index contributed by atoms with van der Waals surface area (Å²) in [5, 5.41) is 0. The van der Waals surface area contributed by atoms with Crippen LogP contribution in [0.25, 0.3) is 5.52 Å². The third kappa shape index (κ3) is 1.57. The summed E-state index contributed by atoms with van der Waals surface area (Å²) in [6, 6.07) is 3.89. The average Bonchev–Trinajstić information content (AvgIpc) is 2.65. The van der Waals surface area contributed by atoms with Crippen molar-refractivity contribution in [3.63, 3.8) is 0 Å². The minimum absolute atomic E-state index is 0.455. The van der Waals surface area contributed by atoms with E-state index in [1.54, 1.807) is 7.11 Å². The van der Waals surface area contributed by atoms with Gasteiger partial charge in [0.1, 0.15) is 11.6 Å². The van der Waals surface area contributed by atoms with E-state index in [1.165, 1.54) is 0 Å². The van der Waals surface area contributed by atoms with Crippen molar-refractivity contribution >= 4 is 5.52 Å². The number of nitrogens with zero attached hydrogens (tertiary/aromatic N) is 2. The first-order chi connectivity index (χ1) is 7.30. The van der Waals surface area contributed by atoms with Gasteiger partial charge in [-0.05, 0) is 6.07 Å². The molecule has 4 heteroatoms. The number of imidazole rings is 1. The van der Waals surface area contributed by atoms with Crippen LogP contribution in [0.2, 0.25) is 0 Å². The molecule has 0 aliphatic carbocycles. The molecule has 0 fully saturated rings. The zero-order valence-corrected chi connectivity index (χ0v) is 9.03. The van der Waals surface area contributed by atoms with Crippen LogP contribution in [-0.4, -0.2) is 16.5 Å². The number of hydrogen-bond donors (Lipinski definition) is 1. The molecule has 4 nitrogen and oxygen atoms in total. The molecule has 15 heavy (non-hydrogen) atoms. The van der Waals surface area contributed by atoms with Gasteiger partial charge in [0.15, 0.2) is 0 Å². The molecule has 0 aromatic carbocycles. The molecule has 0 bridgehead atoms. The summed E-state index contributed by atoms with van der Waals surface area (Å²) in [6.07, 6.45) is 2.87. The summed E-state index contributed by atoms with van der Waals surface area (Å²) in [5.74, 6) is 1.87. The SMILES string of the molecule is CCc1nc(CN)c2cc(OC)ccn12. The number of hydrogen-bond acceptors (Lipinski definition) is 3. The Morgan fingerprint density at radius 2 is 2.33 bits per heavy atom. The summed E-state index contributed by atoms with van der Waals surface area (Å²) < 4.78 is 7.24. The van der Waals surface area contributed by atoms with Crippen LogP contribution < -0.4 is 10.5 Å².